The summed E-state index contributed by atoms with van der Waals surface area (Å²) in [6.45, 7) is 11.0. The Hall–Kier alpha value is -0.300. The number of hydrogen-bond donors (Lipinski definition) is 0. The van der Waals surface area contributed by atoms with Gasteiger partial charge in [0.2, 0.25) is 0 Å². The molecule has 1 heterocycles. The highest BCUT2D eigenvalue weighted by Gasteiger charge is 2.39. The maximum atomic E-state index is 3.98. The summed E-state index contributed by atoms with van der Waals surface area (Å²) in [5.74, 6) is 0. The number of nitrogens with zero attached hydrogens (tertiary/aromatic N) is 1. The molecule has 0 amide bonds. The van der Waals surface area contributed by atoms with Crippen molar-refractivity contribution in [3.63, 3.8) is 0 Å². The Labute approximate surface area is 82.8 Å². The molecule has 1 aliphatic rings. The van der Waals surface area contributed by atoms with Gasteiger partial charge in [0, 0.05) is 13.1 Å². The molecule has 0 bridgehead atoms. The van der Waals surface area contributed by atoms with Crippen LogP contribution in [0.4, 0.5) is 0 Å². The van der Waals surface area contributed by atoms with Gasteiger partial charge in [0.05, 0.1) is 0 Å². The third kappa shape index (κ3) is 2.84. The molecular formula is C12H23N. The molecule has 1 saturated heterocycles. The maximum Gasteiger partial charge on any atom is 0.00475 e. The van der Waals surface area contributed by atoms with E-state index in [-0.39, 0.29) is 0 Å². The third-order valence-electron chi connectivity index (χ3n) is 3.07. The largest absolute Gasteiger partial charge is 0.305 e. The fraction of sp³-hybridized carbons (Fsp3) is 0.833. The topological polar surface area (TPSA) is 3.24 Å². The average molecular weight is 181 g/mol. The summed E-state index contributed by atoms with van der Waals surface area (Å²) in [6.07, 6.45) is 5.28. The van der Waals surface area contributed by atoms with Crippen LogP contribution < -0.4 is 0 Å². The molecule has 1 heteroatoms. The van der Waals surface area contributed by atoms with Crippen LogP contribution in [0.2, 0.25) is 0 Å². The summed E-state index contributed by atoms with van der Waals surface area (Å²) < 4.78 is 0. The summed E-state index contributed by atoms with van der Waals surface area (Å²) in [5.41, 5.74) is 1.98. The Kier molecular flexibility index (Phi) is 3.55. The summed E-state index contributed by atoms with van der Waals surface area (Å²) in [7, 11) is 2.22. The van der Waals surface area contributed by atoms with E-state index in [1.807, 2.05) is 0 Å². The summed E-state index contributed by atoms with van der Waals surface area (Å²) >= 11 is 0. The third-order valence-corrected chi connectivity index (χ3v) is 3.07. The minimum absolute atomic E-state index is 0.641. The van der Waals surface area contributed by atoms with Crippen molar-refractivity contribution in [2.24, 2.45) is 5.41 Å². The van der Waals surface area contributed by atoms with E-state index in [9.17, 15) is 0 Å². The molecule has 0 atom stereocenters. The lowest BCUT2D eigenvalue weighted by Crippen LogP contribution is -2.54. The van der Waals surface area contributed by atoms with Gasteiger partial charge in [-0.15, -0.1) is 6.58 Å². The normalized spacial score (nSPS) is 21.2. The van der Waals surface area contributed by atoms with Gasteiger partial charge in [-0.3, -0.25) is 0 Å². The lowest BCUT2D eigenvalue weighted by Gasteiger charge is -2.49. The van der Waals surface area contributed by atoms with Gasteiger partial charge < -0.3 is 4.90 Å². The van der Waals surface area contributed by atoms with Crippen molar-refractivity contribution in [3.8, 4) is 0 Å². The maximum absolute atomic E-state index is 3.98. The molecule has 13 heavy (non-hydrogen) atoms. The fourth-order valence-electron chi connectivity index (χ4n) is 2.55. The van der Waals surface area contributed by atoms with E-state index in [4.69, 9.17) is 0 Å². The molecule has 0 aliphatic carbocycles. The first kappa shape index (κ1) is 10.8. The average Bonchev–Trinajstić information content (AvgIpc) is 1.98. The number of likely N-dealkylation sites (tertiary alicyclic amines) is 1. The molecule has 1 fully saturated rings. The zero-order valence-corrected chi connectivity index (χ0v) is 9.40. The van der Waals surface area contributed by atoms with Crippen LogP contribution in [0.25, 0.3) is 0 Å². The van der Waals surface area contributed by atoms with Gasteiger partial charge in [0.25, 0.3) is 0 Å². The van der Waals surface area contributed by atoms with Crippen LogP contribution in [-0.2, 0) is 0 Å². The van der Waals surface area contributed by atoms with Gasteiger partial charge in [0.1, 0.15) is 0 Å². The summed E-state index contributed by atoms with van der Waals surface area (Å²) in [6, 6.07) is 0. The molecular weight excluding hydrogens is 158 g/mol. The van der Waals surface area contributed by atoms with Gasteiger partial charge in [0.15, 0.2) is 0 Å². The van der Waals surface area contributed by atoms with E-state index >= 15 is 0 Å². The Morgan fingerprint density at radius 3 is 2.38 bits per heavy atom. The van der Waals surface area contributed by atoms with Crippen molar-refractivity contribution in [3.05, 3.63) is 12.2 Å². The molecule has 0 saturated carbocycles. The lowest BCUT2D eigenvalue weighted by atomic mass is 9.72. The monoisotopic (exact) mass is 181 g/mol. The SMILES string of the molecule is C=C(C)CCC1(CCC)CN(C)C1. The first-order chi connectivity index (χ1) is 6.08. The summed E-state index contributed by atoms with van der Waals surface area (Å²) in [4.78, 5) is 2.42. The standard InChI is InChI=1S/C12H23N/c1-5-7-12(8-6-11(2)3)9-13(4)10-12/h2,5-10H2,1,3-4H3. The highest BCUT2D eigenvalue weighted by molar-refractivity contribution is 4.97. The number of rotatable bonds is 5. The molecule has 0 radical (unpaired) electrons. The Morgan fingerprint density at radius 2 is 2.00 bits per heavy atom. The van der Waals surface area contributed by atoms with E-state index in [1.165, 1.54) is 44.3 Å². The molecule has 1 rings (SSSR count). The predicted molar refractivity (Wildman–Crippen MR) is 58.9 cm³/mol. The molecule has 0 aromatic carbocycles. The number of hydrogen-bond acceptors (Lipinski definition) is 1. The number of allylic oxidation sites excluding steroid dienone is 1. The van der Waals surface area contributed by atoms with Gasteiger partial charge in [-0.1, -0.05) is 18.9 Å². The van der Waals surface area contributed by atoms with Crippen molar-refractivity contribution in [1.29, 1.82) is 0 Å². The van der Waals surface area contributed by atoms with Crippen LogP contribution in [-0.4, -0.2) is 25.0 Å². The van der Waals surface area contributed by atoms with Crippen LogP contribution in [0, 0.1) is 5.41 Å². The van der Waals surface area contributed by atoms with Gasteiger partial charge >= 0.3 is 0 Å². The second-order valence-corrected chi connectivity index (χ2v) is 4.88. The van der Waals surface area contributed by atoms with Crippen molar-refractivity contribution in [1.82, 2.24) is 4.90 Å². The smallest absolute Gasteiger partial charge is 0.00475 e. The Bertz CT molecular complexity index is 172. The highest BCUT2D eigenvalue weighted by Crippen LogP contribution is 2.39. The molecule has 0 N–H and O–H groups in total. The first-order valence-electron chi connectivity index (χ1n) is 5.41. The van der Waals surface area contributed by atoms with E-state index in [1.54, 1.807) is 0 Å². The second kappa shape index (κ2) is 4.28. The highest BCUT2D eigenvalue weighted by atomic mass is 15.2. The Balaban J connectivity index is 2.35. The molecule has 76 valence electrons. The second-order valence-electron chi connectivity index (χ2n) is 4.88. The van der Waals surface area contributed by atoms with Crippen molar-refractivity contribution >= 4 is 0 Å². The van der Waals surface area contributed by atoms with Crippen molar-refractivity contribution in [2.75, 3.05) is 20.1 Å². The van der Waals surface area contributed by atoms with E-state index in [0.717, 1.165) is 0 Å². The molecule has 1 aliphatic heterocycles. The van der Waals surface area contributed by atoms with Crippen molar-refractivity contribution in [2.45, 2.75) is 39.5 Å². The molecule has 1 nitrogen and oxygen atoms in total. The molecule has 0 aromatic rings. The Morgan fingerprint density at radius 1 is 1.38 bits per heavy atom. The molecule has 0 spiro atoms. The van der Waals surface area contributed by atoms with Crippen LogP contribution in [0.5, 0.6) is 0 Å². The van der Waals surface area contributed by atoms with Gasteiger partial charge in [-0.2, -0.15) is 0 Å². The minimum atomic E-state index is 0.641. The van der Waals surface area contributed by atoms with Crippen LogP contribution in [0.1, 0.15) is 39.5 Å². The predicted octanol–water partition coefficient (Wildman–Crippen LogP) is 3.07. The lowest BCUT2D eigenvalue weighted by molar-refractivity contribution is 0.00658. The minimum Gasteiger partial charge on any atom is -0.305 e. The van der Waals surface area contributed by atoms with E-state index in [0.29, 0.717) is 5.41 Å². The molecule has 0 aromatic heterocycles. The molecule has 0 unspecified atom stereocenters. The van der Waals surface area contributed by atoms with Gasteiger partial charge in [-0.25, -0.2) is 0 Å². The van der Waals surface area contributed by atoms with Crippen molar-refractivity contribution < 1.29 is 0 Å². The van der Waals surface area contributed by atoms with Crippen LogP contribution >= 0.6 is 0 Å². The van der Waals surface area contributed by atoms with Gasteiger partial charge in [-0.05, 0) is 38.6 Å². The first-order valence-corrected chi connectivity index (χ1v) is 5.41. The quantitative estimate of drug-likeness (QED) is 0.589. The van der Waals surface area contributed by atoms with E-state index in [2.05, 4.69) is 32.4 Å². The zero-order chi connectivity index (χ0) is 9.90. The zero-order valence-electron chi connectivity index (χ0n) is 9.40. The van der Waals surface area contributed by atoms with Crippen LogP contribution in [0.15, 0.2) is 12.2 Å². The van der Waals surface area contributed by atoms with Crippen LogP contribution in [0.3, 0.4) is 0 Å². The fourth-order valence-corrected chi connectivity index (χ4v) is 2.55. The summed E-state index contributed by atoms with van der Waals surface area (Å²) in [5, 5.41) is 0. The van der Waals surface area contributed by atoms with E-state index < -0.39 is 0 Å².